The summed E-state index contributed by atoms with van der Waals surface area (Å²) in [4.78, 5) is 25.7. The summed E-state index contributed by atoms with van der Waals surface area (Å²) in [7, 11) is -3.76. The number of carbonyl (C=O) groups excluding carboxylic acids is 2. The lowest BCUT2D eigenvalue weighted by atomic mass is 10.1. The Bertz CT molecular complexity index is 636. The van der Waals surface area contributed by atoms with Crippen LogP contribution < -0.4 is 0 Å². The van der Waals surface area contributed by atoms with Gasteiger partial charge >= 0.3 is 6.09 Å². The molecule has 3 unspecified atom stereocenters. The van der Waals surface area contributed by atoms with Crippen molar-refractivity contribution in [1.82, 2.24) is 4.90 Å². The molecule has 138 valence electrons. The summed E-state index contributed by atoms with van der Waals surface area (Å²) in [6.07, 6.45) is -1.86. The summed E-state index contributed by atoms with van der Waals surface area (Å²) in [6, 6.07) is -0.964. The fourth-order valence-corrected chi connectivity index (χ4v) is 2.99. The lowest BCUT2D eigenvalue weighted by Crippen LogP contribution is -2.48. The zero-order valence-electron chi connectivity index (χ0n) is 14.6. The molecule has 2 saturated heterocycles. The number of hydrogen-bond acceptors (Lipinski definition) is 8. The van der Waals surface area contributed by atoms with Gasteiger partial charge in [0.2, 0.25) is 0 Å². The number of carbonyl (C=O) groups is 2. The first-order valence-corrected chi connectivity index (χ1v) is 9.28. The van der Waals surface area contributed by atoms with Crippen LogP contribution in [0.1, 0.15) is 34.6 Å². The largest absolute Gasteiger partial charge is 0.443 e. The van der Waals surface area contributed by atoms with E-state index in [2.05, 4.69) is 0 Å². The van der Waals surface area contributed by atoms with Gasteiger partial charge in [-0.25, -0.2) is 9.69 Å². The molecule has 2 aliphatic heterocycles. The number of rotatable bonds is 3. The van der Waals surface area contributed by atoms with Gasteiger partial charge in [0.25, 0.3) is 16.0 Å². The summed E-state index contributed by atoms with van der Waals surface area (Å²) in [5.74, 6) is -1.66. The highest BCUT2D eigenvalue weighted by Gasteiger charge is 2.60. The Kier molecular flexibility index (Phi) is 4.73. The van der Waals surface area contributed by atoms with Crippen molar-refractivity contribution in [2.75, 3.05) is 12.9 Å². The van der Waals surface area contributed by atoms with E-state index in [1.54, 1.807) is 34.6 Å². The van der Waals surface area contributed by atoms with Crippen molar-refractivity contribution in [2.24, 2.45) is 0 Å². The molecular weight excluding hydrogens is 342 g/mol. The molecule has 0 aromatic heterocycles. The number of nitrogens with zero attached hydrogens (tertiary/aromatic N) is 1. The summed E-state index contributed by atoms with van der Waals surface area (Å²) >= 11 is 0. The molecule has 0 aromatic carbocycles. The Balaban J connectivity index is 2.27. The monoisotopic (exact) mass is 365 g/mol. The molecule has 0 bridgehead atoms. The van der Waals surface area contributed by atoms with Gasteiger partial charge in [-0.3, -0.25) is 8.98 Å². The third-order valence-electron chi connectivity index (χ3n) is 3.36. The van der Waals surface area contributed by atoms with E-state index in [1.165, 1.54) is 0 Å². The number of hydrogen-bond donors (Lipinski definition) is 0. The van der Waals surface area contributed by atoms with Crippen LogP contribution in [0.5, 0.6) is 0 Å². The van der Waals surface area contributed by atoms with Crippen molar-refractivity contribution in [3.05, 3.63) is 0 Å². The molecule has 0 aliphatic carbocycles. The Morgan fingerprint density at radius 1 is 1.29 bits per heavy atom. The van der Waals surface area contributed by atoms with Crippen LogP contribution in [-0.2, 0) is 33.3 Å². The second-order valence-electron chi connectivity index (χ2n) is 7.27. The maximum atomic E-state index is 12.6. The Morgan fingerprint density at radius 3 is 2.38 bits per heavy atom. The van der Waals surface area contributed by atoms with Gasteiger partial charge in [0.05, 0.1) is 18.9 Å². The Hall–Kier alpha value is -1.23. The number of likely N-dealkylation sites (tertiary alicyclic amines) is 1. The van der Waals surface area contributed by atoms with Crippen molar-refractivity contribution in [2.45, 2.75) is 64.3 Å². The van der Waals surface area contributed by atoms with Crippen molar-refractivity contribution in [3.63, 3.8) is 0 Å². The predicted octanol–water partition coefficient (Wildman–Crippen LogP) is 0.629. The van der Waals surface area contributed by atoms with E-state index in [0.29, 0.717) is 0 Å². The molecule has 0 spiro atoms. The van der Waals surface area contributed by atoms with Crippen molar-refractivity contribution in [3.8, 4) is 0 Å². The lowest BCUT2D eigenvalue weighted by Gasteiger charge is -2.30. The quantitative estimate of drug-likeness (QED) is 0.670. The van der Waals surface area contributed by atoms with Gasteiger partial charge in [0.15, 0.2) is 11.9 Å². The molecule has 2 fully saturated rings. The minimum atomic E-state index is -3.76. The van der Waals surface area contributed by atoms with E-state index in [1.807, 2.05) is 0 Å². The van der Waals surface area contributed by atoms with Gasteiger partial charge in [0, 0.05) is 0 Å². The third kappa shape index (κ3) is 4.24. The average molecular weight is 365 g/mol. The van der Waals surface area contributed by atoms with Gasteiger partial charge in [-0.1, -0.05) is 0 Å². The van der Waals surface area contributed by atoms with Crippen LogP contribution in [0.15, 0.2) is 0 Å². The molecule has 3 atom stereocenters. The maximum Gasteiger partial charge on any atom is 0.417 e. The first kappa shape index (κ1) is 19.1. The van der Waals surface area contributed by atoms with E-state index >= 15 is 0 Å². The second kappa shape index (κ2) is 5.94. The zero-order chi connectivity index (χ0) is 18.5. The normalized spacial score (nSPS) is 29.7. The van der Waals surface area contributed by atoms with Crippen molar-refractivity contribution >= 4 is 22.1 Å². The highest BCUT2D eigenvalue weighted by atomic mass is 32.2. The predicted molar refractivity (Wildman–Crippen MR) is 81.5 cm³/mol. The van der Waals surface area contributed by atoms with Crippen LogP contribution in [0.3, 0.4) is 0 Å². The lowest BCUT2D eigenvalue weighted by molar-refractivity contribution is -0.172. The van der Waals surface area contributed by atoms with Gasteiger partial charge in [-0.2, -0.15) is 8.42 Å². The van der Waals surface area contributed by atoms with Gasteiger partial charge in [0.1, 0.15) is 11.7 Å². The van der Waals surface area contributed by atoms with Gasteiger partial charge in [-0.05, 0) is 34.6 Å². The molecule has 0 saturated carbocycles. The van der Waals surface area contributed by atoms with Crippen LogP contribution in [0.25, 0.3) is 0 Å². The summed E-state index contributed by atoms with van der Waals surface area (Å²) in [5, 5.41) is 0. The fourth-order valence-electron chi connectivity index (χ4n) is 2.61. The number of fused-ring (bicyclic) bond motifs is 1. The summed E-state index contributed by atoms with van der Waals surface area (Å²) in [5.41, 5.74) is -0.821. The number of imide groups is 1. The molecule has 10 heteroatoms. The third-order valence-corrected chi connectivity index (χ3v) is 3.93. The van der Waals surface area contributed by atoms with Crippen LogP contribution >= 0.6 is 0 Å². The molecule has 24 heavy (non-hydrogen) atoms. The molecule has 0 N–H and O–H groups in total. The Morgan fingerprint density at radius 2 is 1.88 bits per heavy atom. The van der Waals surface area contributed by atoms with Crippen LogP contribution in [0.4, 0.5) is 4.79 Å². The minimum Gasteiger partial charge on any atom is -0.443 e. The summed E-state index contributed by atoms with van der Waals surface area (Å²) < 4.78 is 43.8. The molecule has 2 aliphatic rings. The molecule has 0 radical (unpaired) electrons. The van der Waals surface area contributed by atoms with E-state index in [-0.39, 0.29) is 0 Å². The fraction of sp³-hybridized carbons (Fsp3) is 0.857. The molecule has 0 aromatic rings. The highest BCUT2D eigenvalue weighted by Crippen LogP contribution is 2.38. The number of amides is 2. The highest BCUT2D eigenvalue weighted by molar-refractivity contribution is 7.85. The summed E-state index contributed by atoms with van der Waals surface area (Å²) in [6.45, 7) is 7.80. The second-order valence-corrected chi connectivity index (χ2v) is 8.91. The van der Waals surface area contributed by atoms with Crippen molar-refractivity contribution < 1.29 is 36.4 Å². The van der Waals surface area contributed by atoms with E-state index < -0.39 is 58.4 Å². The van der Waals surface area contributed by atoms with Crippen molar-refractivity contribution in [1.29, 1.82) is 0 Å². The van der Waals surface area contributed by atoms with Crippen LogP contribution in [0, 0.1) is 0 Å². The molecule has 9 nitrogen and oxygen atoms in total. The topological polar surface area (TPSA) is 108 Å². The van der Waals surface area contributed by atoms with E-state index in [9.17, 15) is 18.0 Å². The van der Waals surface area contributed by atoms with E-state index in [0.717, 1.165) is 11.2 Å². The molecule has 2 heterocycles. The van der Waals surface area contributed by atoms with Crippen LogP contribution in [-0.4, -0.2) is 67.8 Å². The van der Waals surface area contributed by atoms with E-state index in [4.69, 9.17) is 18.4 Å². The van der Waals surface area contributed by atoms with Gasteiger partial charge in [-0.15, -0.1) is 0 Å². The smallest absolute Gasteiger partial charge is 0.417 e. The van der Waals surface area contributed by atoms with Crippen LogP contribution in [0.2, 0.25) is 0 Å². The SMILES string of the molecule is CC(C)(C)OC(=O)N1C(=O)C2OC(C)(C)OC2C1COS(C)(=O)=O. The average Bonchev–Trinajstić information content (AvgIpc) is 2.76. The molecule has 2 rings (SSSR count). The van der Waals surface area contributed by atoms with Gasteiger partial charge < -0.3 is 14.2 Å². The Labute approximate surface area is 141 Å². The first-order valence-electron chi connectivity index (χ1n) is 7.46. The minimum absolute atomic E-state index is 0.426. The number of ether oxygens (including phenoxy) is 3. The standard InChI is InChI=1S/C14H23NO8S/c1-13(2,3)23-12(17)15-8(7-20-24(6,18)19)9-10(11(15)16)22-14(4,5)21-9/h8-10H,7H2,1-6H3. The maximum absolute atomic E-state index is 12.6. The molecule has 2 amide bonds. The first-order chi connectivity index (χ1) is 10.7. The zero-order valence-corrected chi connectivity index (χ0v) is 15.4. The molecular formula is C14H23NO8S.